The lowest BCUT2D eigenvalue weighted by Crippen LogP contribution is -2.19. The second kappa shape index (κ2) is 12.6. The van der Waals surface area contributed by atoms with Crippen molar-refractivity contribution in [3.05, 3.63) is 125 Å². The van der Waals surface area contributed by atoms with E-state index in [0.29, 0.717) is 21.8 Å². The molecule has 4 rings (SSSR count). The molecule has 5 N–H and O–H groups in total. The Morgan fingerprint density at radius 3 is 1.88 bits per heavy atom. The quantitative estimate of drug-likeness (QED) is 0.154. The standard InChI is InChI=1S/C30H22N2O8S/c33-26(23-14-9-19(29(37)38)16-24(23)30(39)40)31-20-10-12-22(13-11-20)41-25(17-5-2-1-3-6-17)27(34)32-21-8-4-7-18(15-21)28(35)36/h1-16,25H,(H,31,33)(H,32,34)(H,35,36)(H,37,38)(H,39,40). The van der Waals surface area contributed by atoms with E-state index >= 15 is 0 Å². The number of aromatic carboxylic acids is 3. The highest BCUT2D eigenvalue weighted by molar-refractivity contribution is 8.00. The molecule has 206 valence electrons. The summed E-state index contributed by atoms with van der Waals surface area (Å²) in [7, 11) is 0. The Bertz CT molecular complexity index is 1640. The zero-order valence-electron chi connectivity index (χ0n) is 21.1. The maximum absolute atomic E-state index is 13.3. The summed E-state index contributed by atoms with van der Waals surface area (Å²) >= 11 is 1.24. The first-order valence-corrected chi connectivity index (χ1v) is 12.9. The van der Waals surface area contributed by atoms with Crippen molar-refractivity contribution in [2.75, 3.05) is 10.6 Å². The number of thioether (sulfide) groups is 1. The van der Waals surface area contributed by atoms with Crippen molar-refractivity contribution in [2.24, 2.45) is 0 Å². The van der Waals surface area contributed by atoms with E-state index in [4.69, 9.17) is 5.11 Å². The van der Waals surface area contributed by atoms with Crippen molar-refractivity contribution in [2.45, 2.75) is 10.1 Å². The van der Waals surface area contributed by atoms with Gasteiger partial charge in [0.1, 0.15) is 5.25 Å². The maximum atomic E-state index is 13.3. The van der Waals surface area contributed by atoms with Crippen molar-refractivity contribution in [3.8, 4) is 0 Å². The Labute approximate surface area is 237 Å². The van der Waals surface area contributed by atoms with Crippen LogP contribution in [0.25, 0.3) is 0 Å². The Morgan fingerprint density at radius 1 is 0.585 bits per heavy atom. The second-order valence-corrected chi connectivity index (χ2v) is 9.81. The monoisotopic (exact) mass is 570 g/mol. The van der Waals surface area contributed by atoms with Gasteiger partial charge in [0.25, 0.3) is 5.91 Å². The summed E-state index contributed by atoms with van der Waals surface area (Å²) in [5, 5.41) is 32.5. The first kappa shape index (κ1) is 28.6. The topological polar surface area (TPSA) is 170 Å². The molecule has 0 radical (unpaired) electrons. The molecule has 0 aliphatic rings. The van der Waals surface area contributed by atoms with E-state index in [-0.39, 0.29) is 22.6 Å². The Kier molecular flexibility index (Phi) is 8.80. The maximum Gasteiger partial charge on any atom is 0.336 e. The lowest BCUT2D eigenvalue weighted by Gasteiger charge is -2.18. The fourth-order valence-electron chi connectivity index (χ4n) is 3.84. The number of anilines is 2. The van der Waals surface area contributed by atoms with Gasteiger partial charge >= 0.3 is 17.9 Å². The molecular formula is C30H22N2O8S. The molecule has 2 amide bonds. The normalized spacial score (nSPS) is 11.2. The first-order chi connectivity index (χ1) is 19.6. The molecule has 4 aromatic carbocycles. The van der Waals surface area contributed by atoms with Crippen LogP contribution in [0.2, 0.25) is 0 Å². The van der Waals surface area contributed by atoms with E-state index in [9.17, 15) is 34.2 Å². The highest BCUT2D eigenvalue weighted by Gasteiger charge is 2.23. The third kappa shape index (κ3) is 7.16. The number of rotatable bonds is 10. The van der Waals surface area contributed by atoms with Gasteiger partial charge in [-0.3, -0.25) is 9.59 Å². The molecule has 0 aliphatic carbocycles. The SMILES string of the molecule is O=C(O)c1cccc(NC(=O)C(Sc2ccc(NC(=O)c3ccc(C(=O)O)cc3C(=O)O)cc2)c2ccccc2)c1. The molecule has 0 spiro atoms. The number of amides is 2. The molecule has 0 fully saturated rings. The summed E-state index contributed by atoms with van der Waals surface area (Å²) in [4.78, 5) is 60.8. The minimum Gasteiger partial charge on any atom is -0.478 e. The number of carboxylic acid groups (broad SMARTS) is 3. The van der Waals surface area contributed by atoms with Crippen molar-refractivity contribution < 1.29 is 39.3 Å². The van der Waals surface area contributed by atoms with Crippen molar-refractivity contribution in [1.29, 1.82) is 0 Å². The van der Waals surface area contributed by atoms with Crippen LogP contribution in [-0.2, 0) is 4.79 Å². The van der Waals surface area contributed by atoms with Crippen LogP contribution in [0.15, 0.2) is 102 Å². The van der Waals surface area contributed by atoms with E-state index in [1.54, 1.807) is 54.6 Å². The molecular weight excluding hydrogens is 548 g/mol. The molecule has 0 heterocycles. The highest BCUT2D eigenvalue weighted by atomic mass is 32.2. The average molecular weight is 571 g/mol. The molecule has 1 atom stereocenters. The molecule has 0 saturated heterocycles. The van der Waals surface area contributed by atoms with Gasteiger partial charge in [0.15, 0.2) is 0 Å². The zero-order chi connectivity index (χ0) is 29.5. The van der Waals surface area contributed by atoms with Crippen LogP contribution in [0.5, 0.6) is 0 Å². The first-order valence-electron chi connectivity index (χ1n) is 12.0. The van der Waals surface area contributed by atoms with Crippen LogP contribution in [-0.4, -0.2) is 45.0 Å². The molecule has 0 bridgehead atoms. The van der Waals surface area contributed by atoms with Gasteiger partial charge in [-0.1, -0.05) is 36.4 Å². The lowest BCUT2D eigenvalue weighted by molar-refractivity contribution is -0.115. The Morgan fingerprint density at radius 2 is 1.24 bits per heavy atom. The van der Waals surface area contributed by atoms with E-state index < -0.39 is 34.6 Å². The van der Waals surface area contributed by atoms with Crippen LogP contribution in [0.3, 0.4) is 0 Å². The van der Waals surface area contributed by atoms with Gasteiger partial charge in [-0.05, 0) is 66.2 Å². The third-order valence-electron chi connectivity index (χ3n) is 5.83. The van der Waals surface area contributed by atoms with Crippen LogP contribution < -0.4 is 10.6 Å². The molecule has 10 nitrogen and oxygen atoms in total. The summed E-state index contributed by atoms with van der Waals surface area (Å²) in [6.07, 6.45) is 0. The average Bonchev–Trinajstić information content (AvgIpc) is 2.96. The predicted octanol–water partition coefficient (Wildman–Crippen LogP) is 5.51. The number of benzene rings is 4. The van der Waals surface area contributed by atoms with Crippen molar-refractivity contribution >= 4 is 52.9 Å². The number of carboxylic acids is 3. The van der Waals surface area contributed by atoms with Gasteiger partial charge < -0.3 is 26.0 Å². The summed E-state index contributed by atoms with van der Waals surface area (Å²) in [6.45, 7) is 0. The number of hydrogen-bond donors (Lipinski definition) is 5. The summed E-state index contributed by atoms with van der Waals surface area (Å²) in [5.74, 6) is -4.97. The third-order valence-corrected chi connectivity index (χ3v) is 7.09. The zero-order valence-corrected chi connectivity index (χ0v) is 21.9. The minimum absolute atomic E-state index is 0.0395. The largest absolute Gasteiger partial charge is 0.478 e. The van der Waals surface area contributed by atoms with E-state index in [0.717, 1.165) is 18.2 Å². The van der Waals surface area contributed by atoms with Gasteiger partial charge in [0.2, 0.25) is 5.91 Å². The van der Waals surface area contributed by atoms with E-state index in [1.165, 1.54) is 30.0 Å². The fraction of sp³-hybridized carbons (Fsp3) is 0.0333. The number of hydrogen-bond acceptors (Lipinski definition) is 6. The number of nitrogens with one attached hydrogen (secondary N) is 2. The van der Waals surface area contributed by atoms with Gasteiger partial charge in [0, 0.05) is 16.3 Å². The molecule has 0 aliphatic heterocycles. The number of carbonyl (C=O) groups is 5. The second-order valence-electron chi connectivity index (χ2n) is 8.63. The van der Waals surface area contributed by atoms with Crippen molar-refractivity contribution in [3.63, 3.8) is 0 Å². The molecule has 0 saturated carbocycles. The van der Waals surface area contributed by atoms with Crippen LogP contribution >= 0.6 is 11.8 Å². The fourth-order valence-corrected chi connectivity index (χ4v) is 4.87. The van der Waals surface area contributed by atoms with Gasteiger partial charge in [-0.15, -0.1) is 11.8 Å². The molecule has 4 aromatic rings. The van der Waals surface area contributed by atoms with Crippen molar-refractivity contribution in [1.82, 2.24) is 0 Å². The highest BCUT2D eigenvalue weighted by Crippen LogP contribution is 2.37. The van der Waals surface area contributed by atoms with Crippen LogP contribution in [0.4, 0.5) is 11.4 Å². The Balaban J connectivity index is 1.51. The molecule has 41 heavy (non-hydrogen) atoms. The molecule has 11 heteroatoms. The van der Waals surface area contributed by atoms with Crippen LogP contribution in [0.1, 0.15) is 52.2 Å². The van der Waals surface area contributed by atoms with Gasteiger partial charge in [0.05, 0.1) is 22.3 Å². The van der Waals surface area contributed by atoms with Gasteiger partial charge in [-0.2, -0.15) is 0 Å². The smallest absolute Gasteiger partial charge is 0.336 e. The number of carbonyl (C=O) groups excluding carboxylic acids is 2. The summed E-state index contributed by atoms with van der Waals surface area (Å²) in [5.41, 5.74) is 0.544. The predicted molar refractivity (Wildman–Crippen MR) is 152 cm³/mol. The summed E-state index contributed by atoms with van der Waals surface area (Å²) in [6, 6.07) is 24.7. The van der Waals surface area contributed by atoms with E-state index in [1.807, 2.05) is 6.07 Å². The van der Waals surface area contributed by atoms with Crippen LogP contribution in [0, 0.1) is 0 Å². The molecule has 0 aromatic heterocycles. The van der Waals surface area contributed by atoms with E-state index in [2.05, 4.69) is 10.6 Å². The lowest BCUT2D eigenvalue weighted by atomic mass is 10.0. The molecule has 1 unspecified atom stereocenters. The minimum atomic E-state index is -1.44. The summed E-state index contributed by atoms with van der Waals surface area (Å²) < 4.78 is 0. The Hall–Kier alpha value is -5.42. The van der Waals surface area contributed by atoms with Gasteiger partial charge in [-0.25, -0.2) is 14.4 Å².